The summed E-state index contributed by atoms with van der Waals surface area (Å²) in [5.74, 6) is 0. The molecule has 13 heavy (non-hydrogen) atoms. The molecule has 2 unspecified atom stereocenters. The fourth-order valence-electron chi connectivity index (χ4n) is 0.883. The van der Waals surface area contributed by atoms with Gasteiger partial charge in [-0.1, -0.05) is 0 Å². The van der Waals surface area contributed by atoms with Crippen molar-refractivity contribution in [3.63, 3.8) is 0 Å². The lowest BCUT2D eigenvalue weighted by molar-refractivity contribution is -0.00676. The second kappa shape index (κ2) is 3.96. The van der Waals surface area contributed by atoms with Gasteiger partial charge in [0.1, 0.15) is 5.60 Å². The lowest BCUT2D eigenvalue weighted by Crippen LogP contribution is -2.43. The summed E-state index contributed by atoms with van der Waals surface area (Å²) in [7, 11) is 0. The van der Waals surface area contributed by atoms with Crippen LogP contribution in [0.4, 0.5) is 4.79 Å². The van der Waals surface area contributed by atoms with E-state index in [2.05, 4.69) is 0 Å². The molecule has 0 saturated carbocycles. The van der Waals surface area contributed by atoms with Crippen LogP contribution in [-0.2, 0) is 9.47 Å². The van der Waals surface area contributed by atoms with Gasteiger partial charge in [0.15, 0.2) is 0 Å². The van der Waals surface area contributed by atoms with Gasteiger partial charge in [-0.2, -0.15) is 0 Å². The first-order chi connectivity index (χ1) is 6.81. The molecule has 4 heteroatoms. The monoisotopic (exact) mass is 189 g/mol. The zero-order valence-electron chi connectivity index (χ0n) is 10.2. The van der Waals surface area contributed by atoms with Crippen molar-refractivity contribution < 1.29 is 17.0 Å². The first-order valence-electron chi connectivity index (χ1n) is 5.42. The molecule has 1 heterocycles. The second-order valence-corrected chi connectivity index (χ2v) is 3.83. The van der Waals surface area contributed by atoms with Crippen LogP contribution in [0.2, 0.25) is 0 Å². The third-order valence-corrected chi connectivity index (χ3v) is 1.42. The van der Waals surface area contributed by atoms with E-state index in [-0.39, 0.29) is 6.61 Å². The summed E-state index contributed by atoms with van der Waals surface area (Å²) in [6, 6.07) is 0. The molecule has 1 aliphatic heterocycles. The summed E-state index contributed by atoms with van der Waals surface area (Å²) in [6.07, 6.45) is -0.553. The van der Waals surface area contributed by atoms with E-state index in [1.165, 1.54) is 4.90 Å². The number of rotatable bonds is 0. The summed E-state index contributed by atoms with van der Waals surface area (Å²) < 4.78 is 25.0. The maximum absolute atomic E-state index is 11.6. The summed E-state index contributed by atoms with van der Waals surface area (Å²) in [5, 5.41) is 0. The minimum atomic E-state index is -1.01. The van der Waals surface area contributed by atoms with E-state index in [4.69, 9.17) is 12.2 Å². The predicted molar refractivity (Wildman–Crippen MR) is 48.6 cm³/mol. The molecule has 0 spiro atoms. The number of carbonyl (C=O) groups is 1. The molecule has 0 aromatic heterocycles. The van der Waals surface area contributed by atoms with Crippen molar-refractivity contribution in [1.29, 1.82) is 0 Å². The van der Waals surface area contributed by atoms with Crippen molar-refractivity contribution in [3.8, 4) is 0 Å². The zero-order valence-corrected chi connectivity index (χ0v) is 8.24. The molecular formula is C9H17NO3. The summed E-state index contributed by atoms with van der Waals surface area (Å²) in [5.41, 5.74) is -0.577. The Hall–Kier alpha value is -0.770. The van der Waals surface area contributed by atoms with Gasteiger partial charge in [0.2, 0.25) is 0 Å². The first kappa shape index (κ1) is 7.62. The van der Waals surface area contributed by atoms with Gasteiger partial charge in [-0.15, -0.1) is 0 Å². The van der Waals surface area contributed by atoms with E-state index < -0.39 is 24.8 Å². The minimum Gasteiger partial charge on any atom is -0.444 e. The number of hydrogen-bond acceptors (Lipinski definition) is 3. The topological polar surface area (TPSA) is 38.8 Å². The van der Waals surface area contributed by atoms with Crippen LogP contribution < -0.4 is 0 Å². The fraction of sp³-hybridized carbons (Fsp3) is 0.889. The SMILES string of the molecule is [2H]C1OCCN(C(=O)OC(C)(C)C)C1[2H]. The zero-order chi connectivity index (χ0) is 11.6. The Morgan fingerprint density at radius 1 is 1.62 bits per heavy atom. The van der Waals surface area contributed by atoms with Crippen LogP contribution in [-0.4, -0.2) is 42.8 Å². The van der Waals surface area contributed by atoms with Crippen molar-refractivity contribution >= 4 is 6.09 Å². The Bertz CT molecular complexity index is 242. The molecule has 1 rings (SSSR count). The highest BCUT2D eigenvalue weighted by Crippen LogP contribution is 2.10. The van der Waals surface area contributed by atoms with Crippen molar-refractivity contribution in [2.45, 2.75) is 26.4 Å². The number of ether oxygens (including phenoxy) is 2. The van der Waals surface area contributed by atoms with Crippen molar-refractivity contribution in [2.75, 3.05) is 26.3 Å². The van der Waals surface area contributed by atoms with Crippen LogP contribution in [0.1, 0.15) is 23.5 Å². The van der Waals surface area contributed by atoms with Crippen molar-refractivity contribution in [3.05, 3.63) is 0 Å². The molecule has 76 valence electrons. The third-order valence-electron chi connectivity index (χ3n) is 1.42. The fourth-order valence-corrected chi connectivity index (χ4v) is 0.883. The number of nitrogens with zero attached hydrogens (tertiary/aromatic N) is 1. The normalized spacial score (nSPS) is 32.1. The van der Waals surface area contributed by atoms with E-state index in [0.717, 1.165) is 0 Å². The molecule has 4 nitrogen and oxygen atoms in total. The standard InChI is InChI=1S/C9H17NO3/c1-9(2,3)13-8(11)10-4-6-12-7-5-10/h4-7H2,1-3H3/i4D,6D. The van der Waals surface area contributed by atoms with Crippen LogP contribution in [0.5, 0.6) is 0 Å². The van der Waals surface area contributed by atoms with Crippen LogP contribution in [0.25, 0.3) is 0 Å². The third kappa shape index (κ3) is 3.63. The van der Waals surface area contributed by atoms with Crippen LogP contribution >= 0.6 is 0 Å². The number of carbonyl (C=O) groups excluding carboxylic acids is 1. The number of hydrogen-bond donors (Lipinski definition) is 0. The maximum atomic E-state index is 11.6. The van der Waals surface area contributed by atoms with Gasteiger partial charge >= 0.3 is 6.09 Å². The van der Waals surface area contributed by atoms with Crippen LogP contribution in [0, 0.1) is 0 Å². The maximum Gasteiger partial charge on any atom is 0.410 e. The van der Waals surface area contributed by atoms with Gasteiger partial charge in [-0.3, -0.25) is 0 Å². The minimum absolute atomic E-state index is 0.281. The Kier molecular flexibility index (Phi) is 2.32. The Morgan fingerprint density at radius 2 is 2.31 bits per heavy atom. The molecule has 0 aliphatic carbocycles. The molecular weight excluding hydrogens is 170 g/mol. The molecule has 0 aromatic rings. The highest BCUT2D eigenvalue weighted by molar-refractivity contribution is 5.68. The average Bonchev–Trinajstić information content (AvgIpc) is 2.06. The smallest absolute Gasteiger partial charge is 0.410 e. The predicted octanol–water partition coefficient (Wildman–Crippen LogP) is 1.25. The molecule has 1 amide bonds. The molecule has 0 bridgehead atoms. The second-order valence-electron chi connectivity index (χ2n) is 3.83. The largest absolute Gasteiger partial charge is 0.444 e. The lowest BCUT2D eigenvalue weighted by Gasteiger charge is -2.29. The van der Waals surface area contributed by atoms with Gasteiger partial charge in [0, 0.05) is 13.1 Å². The molecule has 0 radical (unpaired) electrons. The molecule has 1 fully saturated rings. The number of morpholine rings is 1. The molecule has 0 N–H and O–H groups in total. The van der Waals surface area contributed by atoms with E-state index in [1.807, 2.05) is 0 Å². The van der Waals surface area contributed by atoms with Gasteiger partial charge < -0.3 is 14.4 Å². The number of amides is 1. The Labute approximate surface area is 81.6 Å². The summed E-state index contributed by atoms with van der Waals surface area (Å²) in [6.45, 7) is 3.87. The van der Waals surface area contributed by atoms with Gasteiger partial charge in [0.05, 0.1) is 15.9 Å². The van der Waals surface area contributed by atoms with Crippen LogP contribution in [0.15, 0.2) is 0 Å². The van der Waals surface area contributed by atoms with E-state index in [1.54, 1.807) is 20.8 Å². The van der Waals surface area contributed by atoms with E-state index >= 15 is 0 Å². The van der Waals surface area contributed by atoms with Crippen LogP contribution in [0.3, 0.4) is 0 Å². The van der Waals surface area contributed by atoms with Crippen molar-refractivity contribution in [1.82, 2.24) is 4.90 Å². The summed E-state index contributed by atoms with van der Waals surface area (Å²) >= 11 is 0. The molecule has 2 atom stereocenters. The summed E-state index contributed by atoms with van der Waals surface area (Å²) in [4.78, 5) is 12.8. The quantitative estimate of drug-likeness (QED) is 0.575. The average molecular weight is 189 g/mol. The van der Waals surface area contributed by atoms with Gasteiger partial charge in [-0.05, 0) is 20.8 Å². The van der Waals surface area contributed by atoms with Gasteiger partial charge in [-0.25, -0.2) is 4.79 Å². The van der Waals surface area contributed by atoms with E-state index in [9.17, 15) is 4.79 Å². The van der Waals surface area contributed by atoms with E-state index in [0.29, 0.717) is 6.54 Å². The molecule has 1 aliphatic rings. The Morgan fingerprint density at radius 3 is 2.92 bits per heavy atom. The highest BCUT2D eigenvalue weighted by Gasteiger charge is 2.23. The van der Waals surface area contributed by atoms with Crippen molar-refractivity contribution in [2.24, 2.45) is 0 Å². The Balaban J connectivity index is 2.59. The molecule has 0 aromatic carbocycles. The molecule has 1 saturated heterocycles. The highest BCUT2D eigenvalue weighted by atomic mass is 16.6. The van der Waals surface area contributed by atoms with Gasteiger partial charge in [0.25, 0.3) is 0 Å². The first-order valence-corrected chi connectivity index (χ1v) is 4.27. The lowest BCUT2D eigenvalue weighted by atomic mass is 10.2.